The van der Waals surface area contributed by atoms with Crippen molar-refractivity contribution >= 4 is 0 Å². The second-order valence-corrected chi connectivity index (χ2v) is 8.09. The zero-order chi connectivity index (χ0) is 19.1. The van der Waals surface area contributed by atoms with E-state index in [1.165, 1.54) is 103 Å². The summed E-state index contributed by atoms with van der Waals surface area (Å²) < 4.78 is 0. The van der Waals surface area contributed by atoms with Crippen LogP contribution in [0.1, 0.15) is 117 Å². The van der Waals surface area contributed by atoms with Crippen molar-refractivity contribution in [2.45, 2.75) is 123 Å². The van der Waals surface area contributed by atoms with E-state index >= 15 is 0 Å². The minimum Gasteiger partial charge on any atom is -0.395 e. The number of aliphatic hydroxyl groups is 1. The first-order chi connectivity index (χ1) is 12.8. The third-order valence-electron chi connectivity index (χ3n) is 5.26. The fraction of sp³-hybridized carbons (Fsp3) is 1.00. The van der Waals surface area contributed by atoms with E-state index in [9.17, 15) is 0 Å². The van der Waals surface area contributed by atoms with Crippen LogP contribution in [0.2, 0.25) is 0 Å². The smallest absolute Gasteiger partial charge is 0.0556 e. The molecule has 0 heterocycles. The monoisotopic (exact) mass is 370 g/mol. The molecule has 3 heteroatoms. The topological polar surface area (TPSA) is 44.3 Å². The Balaban J connectivity index is 3.03. The molecule has 1 atom stereocenters. The van der Waals surface area contributed by atoms with Crippen molar-refractivity contribution in [1.29, 1.82) is 0 Å². The summed E-state index contributed by atoms with van der Waals surface area (Å²) in [6.45, 7) is 7.50. The molecule has 0 aliphatic carbocycles. The van der Waals surface area contributed by atoms with E-state index < -0.39 is 0 Å². The Hall–Kier alpha value is -0.120. The third kappa shape index (κ3) is 21.9. The van der Waals surface area contributed by atoms with Gasteiger partial charge in [-0.2, -0.15) is 0 Å². The van der Waals surface area contributed by atoms with Crippen molar-refractivity contribution < 1.29 is 5.11 Å². The summed E-state index contributed by atoms with van der Waals surface area (Å²) in [7, 11) is 0. The standard InChI is InChI=1S/C23H50N2O/c1-3-4-5-6-7-8-9-10-11-12-13-14-15-16-17-18-19-24-22-23(2)25-20-21-26/h23-26H,3-22H2,1-2H3. The largest absolute Gasteiger partial charge is 0.395 e. The Kier molecular flexibility index (Phi) is 22.8. The highest BCUT2D eigenvalue weighted by atomic mass is 16.3. The van der Waals surface area contributed by atoms with Crippen LogP contribution in [0.5, 0.6) is 0 Å². The van der Waals surface area contributed by atoms with E-state index in [-0.39, 0.29) is 6.61 Å². The summed E-state index contributed by atoms with van der Waals surface area (Å²) in [6, 6.07) is 0.447. The van der Waals surface area contributed by atoms with E-state index in [1.54, 1.807) is 0 Å². The van der Waals surface area contributed by atoms with Crippen LogP contribution >= 0.6 is 0 Å². The predicted octanol–water partition coefficient (Wildman–Crippen LogP) is 5.81. The van der Waals surface area contributed by atoms with Gasteiger partial charge in [-0.1, -0.05) is 103 Å². The Bertz CT molecular complexity index is 248. The number of unbranched alkanes of at least 4 members (excludes halogenated alkanes) is 15. The van der Waals surface area contributed by atoms with Gasteiger partial charge < -0.3 is 15.7 Å². The van der Waals surface area contributed by atoms with Gasteiger partial charge in [0.25, 0.3) is 0 Å². The lowest BCUT2D eigenvalue weighted by molar-refractivity contribution is 0.285. The average Bonchev–Trinajstić information content (AvgIpc) is 2.65. The maximum atomic E-state index is 8.76. The van der Waals surface area contributed by atoms with Gasteiger partial charge in [0.2, 0.25) is 0 Å². The lowest BCUT2D eigenvalue weighted by Crippen LogP contribution is -2.38. The van der Waals surface area contributed by atoms with Gasteiger partial charge in [-0.15, -0.1) is 0 Å². The summed E-state index contributed by atoms with van der Waals surface area (Å²) in [5, 5.41) is 15.5. The summed E-state index contributed by atoms with van der Waals surface area (Å²) in [5.74, 6) is 0. The van der Waals surface area contributed by atoms with Crippen molar-refractivity contribution in [2.75, 3.05) is 26.2 Å². The Morgan fingerprint density at radius 3 is 1.46 bits per heavy atom. The molecular weight excluding hydrogens is 320 g/mol. The SMILES string of the molecule is CCCCCCCCCCCCCCCCCCNCC(C)NCCO. The first-order valence-electron chi connectivity index (χ1n) is 11.9. The van der Waals surface area contributed by atoms with E-state index in [4.69, 9.17) is 5.11 Å². The second-order valence-electron chi connectivity index (χ2n) is 8.09. The van der Waals surface area contributed by atoms with Crippen LogP contribution in [-0.2, 0) is 0 Å². The maximum absolute atomic E-state index is 8.76. The quantitative estimate of drug-likeness (QED) is 0.211. The van der Waals surface area contributed by atoms with Crippen molar-refractivity contribution in [3.05, 3.63) is 0 Å². The molecule has 0 saturated carbocycles. The highest BCUT2D eigenvalue weighted by Gasteiger charge is 1.99. The highest BCUT2D eigenvalue weighted by Crippen LogP contribution is 2.13. The van der Waals surface area contributed by atoms with E-state index in [1.807, 2.05) is 0 Å². The van der Waals surface area contributed by atoms with Crippen LogP contribution in [-0.4, -0.2) is 37.4 Å². The van der Waals surface area contributed by atoms with Crippen LogP contribution in [0.4, 0.5) is 0 Å². The molecule has 1 unspecified atom stereocenters. The molecule has 26 heavy (non-hydrogen) atoms. The van der Waals surface area contributed by atoms with Crippen molar-refractivity contribution in [3.63, 3.8) is 0 Å². The molecule has 0 saturated heterocycles. The summed E-state index contributed by atoms with van der Waals surface area (Å²) >= 11 is 0. The van der Waals surface area contributed by atoms with Crippen molar-refractivity contribution in [3.8, 4) is 0 Å². The van der Waals surface area contributed by atoms with Gasteiger partial charge in [0.05, 0.1) is 6.61 Å². The van der Waals surface area contributed by atoms with Gasteiger partial charge in [-0.3, -0.25) is 0 Å². The maximum Gasteiger partial charge on any atom is 0.0556 e. The number of hydrogen-bond acceptors (Lipinski definition) is 3. The first kappa shape index (κ1) is 25.9. The van der Waals surface area contributed by atoms with Crippen LogP contribution in [0.3, 0.4) is 0 Å². The molecule has 0 amide bonds. The van der Waals surface area contributed by atoms with E-state index in [0.29, 0.717) is 12.6 Å². The minimum absolute atomic E-state index is 0.226. The van der Waals surface area contributed by atoms with Crippen LogP contribution < -0.4 is 10.6 Å². The van der Waals surface area contributed by atoms with Crippen LogP contribution in [0, 0.1) is 0 Å². The number of nitrogens with one attached hydrogen (secondary N) is 2. The fourth-order valence-corrected chi connectivity index (χ4v) is 3.50. The molecule has 0 fully saturated rings. The second kappa shape index (κ2) is 22.9. The molecule has 0 rings (SSSR count). The highest BCUT2D eigenvalue weighted by molar-refractivity contribution is 4.63. The molecule has 0 spiro atoms. The lowest BCUT2D eigenvalue weighted by Gasteiger charge is -2.13. The molecule has 0 aromatic rings. The van der Waals surface area contributed by atoms with Crippen LogP contribution in [0.15, 0.2) is 0 Å². The number of aliphatic hydroxyl groups excluding tert-OH is 1. The first-order valence-corrected chi connectivity index (χ1v) is 11.9. The minimum atomic E-state index is 0.226. The average molecular weight is 371 g/mol. The summed E-state index contributed by atoms with van der Waals surface area (Å²) in [5.41, 5.74) is 0. The Morgan fingerprint density at radius 1 is 0.615 bits per heavy atom. The predicted molar refractivity (Wildman–Crippen MR) is 117 cm³/mol. The molecule has 0 bridgehead atoms. The zero-order valence-electron chi connectivity index (χ0n) is 18.2. The van der Waals surface area contributed by atoms with Gasteiger partial charge >= 0.3 is 0 Å². The van der Waals surface area contributed by atoms with Gasteiger partial charge in [-0.25, -0.2) is 0 Å². The Labute approximate surface area is 165 Å². The van der Waals surface area contributed by atoms with Gasteiger partial charge in [0, 0.05) is 19.1 Å². The molecule has 158 valence electrons. The molecule has 0 aliphatic heterocycles. The molecule has 3 N–H and O–H groups in total. The van der Waals surface area contributed by atoms with Gasteiger partial charge in [0.1, 0.15) is 0 Å². The van der Waals surface area contributed by atoms with Gasteiger partial charge in [0.15, 0.2) is 0 Å². The molecule has 0 radical (unpaired) electrons. The van der Waals surface area contributed by atoms with E-state index in [0.717, 1.165) is 13.1 Å². The molecule has 3 nitrogen and oxygen atoms in total. The number of rotatable bonds is 22. The van der Waals surface area contributed by atoms with E-state index in [2.05, 4.69) is 24.5 Å². The normalized spacial score (nSPS) is 12.6. The molecule has 0 aromatic heterocycles. The molecular formula is C23H50N2O. The molecule has 0 aliphatic rings. The number of hydrogen-bond donors (Lipinski definition) is 3. The zero-order valence-corrected chi connectivity index (χ0v) is 18.2. The van der Waals surface area contributed by atoms with Crippen LogP contribution in [0.25, 0.3) is 0 Å². The molecule has 0 aromatic carbocycles. The third-order valence-corrected chi connectivity index (χ3v) is 5.26. The van der Waals surface area contributed by atoms with Gasteiger partial charge in [-0.05, 0) is 19.9 Å². The fourth-order valence-electron chi connectivity index (χ4n) is 3.50. The van der Waals surface area contributed by atoms with Crippen molar-refractivity contribution in [2.24, 2.45) is 0 Å². The lowest BCUT2D eigenvalue weighted by atomic mass is 10.0. The Morgan fingerprint density at radius 2 is 1.04 bits per heavy atom. The van der Waals surface area contributed by atoms with Crippen molar-refractivity contribution in [1.82, 2.24) is 10.6 Å². The summed E-state index contributed by atoms with van der Waals surface area (Å²) in [4.78, 5) is 0. The summed E-state index contributed by atoms with van der Waals surface area (Å²) in [6.07, 6.45) is 22.8.